The second-order valence-corrected chi connectivity index (χ2v) is 4.28. The van der Waals surface area contributed by atoms with E-state index in [4.69, 9.17) is 4.43 Å². The maximum absolute atomic E-state index is 5.33. The zero-order valence-electron chi connectivity index (χ0n) is 8.44. The summed E-state index contributed by atoms with van der Waals surface area (Å²) in [6, 6.07) is 0. The van der Waals surface area contributed by atoms with Crippen LogP contribution in [0, 0.1) is 5.41 Å². The molecule has 1 unspecified atom stereocenters. The average molecular weight is 174 g/mol. The van der Waals surface area contributed by atoms with Gasteiger partial charge in [0, 0.05) is 6.61 Å². The third-order valence-corrected chi connectivity index (χ3v) is 2.77. The third-order valence-electron chi connectivity index (χ3n) is 2.48. The van der Waals surface area contributed by atoms with Gasteiger partial charge in [0.2, 0.25) is 0 Å². The Morgan fingerprint density at radius 3 is 2.36 bits per heavy atom. The summed E-state index contributed by atoms with van der Waals surface area (Å²) in [6.07, 6.45) is 5.21. The van der Waals surface area contributed by atoms with Crippen molar-refractivity contribution in [2.75, 3.05) is 6.61 Å². The molecule has 0 fully saturated rings. The molecule has 0 aromatic heterocycles. The number of rotatable bonds is 6. The summed E-state index contributed by atoms with van der Waals surface area (Å²) >= 11 is 0. The summed E-state index contributed by atoms with van der Waals surface area (Å²) in [4.78, 5) is 0. The number of unbranched alkanes of at least 4 members (excludes halogenated alkanes) is 1. The van der Waals surface area contributed by atoms with Crippen LogP contribution in [0.15, 0.2) is 0 Å². The molecule has 0 aliphatic heterocycles. The Morgan fingerprint density at radius 2 is 2.00 bits per heavy atom. The molecule has 0 saturated carbocycles. The summed E-state index contributed by atoms with van der Waals surface area (Å²) in [7, 11) is 0.883. The summed E-state index contributed by atoms with van der Waals surface area (Å²) < 4.78 is 5.33. The van der Waals surface area contributed by atoms with Gasteiger partial charge in [-0.25, -0.2) is 0 Å². The monoisotopic (exact) mass is 174 g/mol. The predicted octanol–water partition coefficient (Wildman–Crippen LogP) is 1.89. The Labute approximate surface area is 74.1 Å². The fourth-order valence-electron chi connectivity index (χ4n) is 1.30. The lowest BCUT2D eigenvalue weighted by Gasteiger charge is -2.27. The maximum atomic E-state index is 5.33. The lowest BCUT2D eigenvalue weighted by Crippen LogP contribution is -2.21. The van der Waals surface area contributed by atoms with Crippen molar-refractivity contribution in [3.8, 4) is 0 Å². The first kappa shape index (κ1) is 11.2. The molecule has 1 atom stereocenters. The van der Waals surface area contributed by atoms with Crippen LogP contribution in [-0.4, -0.2) is 17.1 Å². The van der Waals surface area contributed by atoms with Gasteiger partial charge in [0.1, 0.15) is 10.5 Å². The van der Waals surface area contributed by atoms with Gasteiger partial charge in [0.05, 0.1) is 0 Å². The highest BCUT2D eigenvalue weighted by Gasteiger charge is 2.20. The van der Waals surface area contributed by atoms with Gasteiger partial charge in [-0.1, -0.05) is 33.6 Å². The molecule has 0 aromatic rings. The van der Waals surface area contributed by atoms with E-state index in [0.717, 1.165) is 17.1 Å². The second-order valence-electron chi connectivity index (χ2n) is 3.70. The maximum Gasteiger partial charge on any atom is 0.145 e. The molecule has 11 heavy (non-hydrogen) atoms. The molecule has 0 aliphatic rings. The van der Waals surface area contributed by atoms with Gasteiger partial charge >= 0.3 is 0 Å². The van der Waals surface area contributed by atoms with Gasteiger partial charge in [0.25, 0.3) is 0 Å². The van der Waals surface area contributed by atoms with Crippen LogP contribution < -0.4 is 0 Å². The molecule has 0 rings (SSSR count). The van der Waals surface area contributed by atoms with Crippen LogP contribution in [0.5, 0.6) is 0 Å². The van der Waals surface area contributed by atoms with E-state index in [1.165, 1.54) is 25.7 Å². The molecule has 68 valence electrons. The Kier molecular flexibility index (Phi) is 5.87. The first-order valence-corrected chi connectivity index (χ1v) is 5.49. The normalized spacial score (nSPS) is 16.6. The Balaban J connectivity index is 3.68. The number of hydrogen-bond donors (Lipinski definition) is 0. The highest BCUT2D eigenvalue weighted by atomic mass is 28.2. The van der Waals surface area contributed by atoms with Crippen LogP contribution >= 0.6 is 0 Å². The summed E-state index contributed by atoms with van der Waals surface area (Å²) in [5.74, 6) is 0. The van der Waals surface area contributed by atoms with Gasteiger partial charge < -0.3 is 4.43 Å². The molecular formula is C9H22OSi. The molecule has 0 heterocycles. The van der Waals surface area contributed by atoms with Crippen molar-refractivity contribution in [3.63, 3.8) is 0 Å². The van der Waals surface area contributed by atoms with E-state index in [0.29, 0.717) is 5.41 Å². The topological polar surface area (TPSA) is 9.23 Å². The van der Waals surface area contributed by atoms with Crippen LogP contribution in [0.2, 0.25) is 0 Å². The standard InChI is InChI=1S/C9H22OSi/c1-4-6-7-9(3,5-2)8-10-11/h4-8H2,1-3,11H3. The Bertz CT molecular complexity index is 95.6. The molecule has 2 heteroatoms. The highest BCUT2D eigenvalue weighted by Crippen LogP contribution is 2.27. The SMILES string of the molecule is CCCCC(C)(CC)CO[SiH3]. The van der Waals surface area contributed by atoms with Crippen molar-refractivity contribution < 1.29 is 4.43 Å². The molecule has 1 nitrogen and oxygen atoms in total. The third kappa shape index (κ3) is 4.59. The van der Waals surface area contributed by atoms with E-state index < -0.39 is 0 Å². The summed E-state index contributed by atoms with van der Waals surface area (Å²) in [5.41, 5.74) is 0.456. The van der Waals surface area contributed by atoms with Crippen molar-refractivity contribution in [1.82, 2.24) is 0 Å². The van der Waals surface area contributed by atoms with E-state index in [-0.39, 0.29) is 0 Å². The van der Waals surface area contributed by atoms with Crippen molar-refractivity contribution in [1.29, 1.82) is 0 Å². The largest absolute Gasteiger partial charge is 0.427 e. The lowest BCUT2D eigenvalue weighted by atomic mass is 9.83. The second kappa shape index (κ2) is 5.78. The zero-order chi connectivity index (χ0) is 8.74. The van der Waals surface area contributed by atoms with Gasteiger partial charge in [-0.15, -0.1) is 0 Å². The fraction of sp³-hybridized carbons (Fsp3) is 1.00. The van der Waals surface area contributed by atoms with Crippen molar-refractivity contribution >= 4 is 10.5 Å². The van der Waals surface area contributed by atoms with Gasteiger partial charge in [0.15, 0.2) is 0 Å². The zero-order valence-corrected chi connectivity index (χ0v) is 10.4. The van der Waals surface area contributed by atoms with Crippen LogP contribution in [0.1, 0.15) is 46.5 Å². The van der Waals surface area contributed by atoms with E-state index >= 15 is 0 Å². The summed E-state index contributed by atoms with van der Waals surface area (Å²) in [6.45, 7) is 7.81. The Morgan fingerprint density at radius 1 is 1.36 bits per heavy atom. The highest BCUT2D eigenvalue weighted by molar-refractivity contribution is 5.97. The summed E-state index contributed by atoms with van der Waals surface area (Å²) in [5, 5.41) is 0. The molecule has 0 amide bonds. The number of hydrogen-bond acceptors (Lipinski definition) is 1. The van der Waals surface area contributed by atoms with Gasteiger partial charge in [-0.2, -0.15) is 0 Å². The molecule has 0 aromatic carbocycles. The molecule has 0 saturated heterocycles. The fourth-order valence-corrected chi connectivity index (χ4v) is 2.00. The van der Waals surface area contributed by atoms with E-state index in [1.807, 2.05) is 0 Å². The van der Waals surface area contributed by atoms with Gasteiger partial charge in [-0.3, -0.25) is 0 Å². The minimum absolute atomic E-state index is 0.456. The van der Waals surface area contributed by atoms with E-state index in [1.54, 1.807) is 0 Å². The first-order chi connectivity index (χ1) is 5.18. The first-order valence-electron chi connectivity index (χ1n) is 4.67. The van der Waals surface area contributed by atoms with Crippen molar-refractivity contribution in [2.45, 2.75) is 46.5 Å². The molecular weight excluding hydrogens is 152 g/mol. The molecule has 0 spiro atoms. The molecule has 0 aliphatic carbocycles. The molecule has 0 radical (unpaired) electrons. The van der Waals surface area contributed by atoms with Gasteiger partial charge in [-0.05, 0) is 18.3 Å². The lowest BCUT2D eigenvalue weighted by molar-refractivity contribution is 0.153. The van der Waals surface area contributed by atoms with Crippen molar-refractivity contribution in [3.05, 3.63) is 0 Å². The molecule has 0 bridgehead atoms. The average Bonchev–Trinajstić information content (AvgIpc) is 2.02. The van der Waals surface area contributed by atoms with Crippen LogP contribution in [-0.2, 0) is 4.43 Å². The van der Waals surface area contributed by atoms with Crippen LogP contribution in [0.3, 0.4) is 0 Å². The minimum Gasteiger partial charge on any atom is -0.427 e. The van der Waals surface area contributed by atoms with Crippen LogP contribution in [0.25, 0.3) is 0 Å². The van der Waals surface area contributed by atoms with Crippen molar-refractivity contribution in [2.24, 2.45) is 5.41 Å². The van der Waals surface area contributed by atoms with E-state index in [2.05, 4.69) is 20.8 Å². The smallest absolute Gasteiger partial charge is 0.145 e. The Hall–Kier alpha value is 0.177. The quantitative estimate of drug-likeness (QED) is 0.559. The predicted molar refractivity (Wildman–Crippen MR) is 53.8 cm³/mol. The minimum atomic E-state index is 0.456. The molecule has 0 N–H and O–H groups in total. The van der Waals surface area contributed by atoms with E-state index in [9.17, 15) is 0 Å². The van der Waals surface area contributed by atoms with Crippen LogP contribution in [0.4, 0.5) is 0 Å².